The second kappa shape index (κ2) is 8.48. The summed E-state index contributed by atoms with van der Waals surface area (Å²) in [5.41, 5.74) is 0. The van der Waals surface area contributed by atoms with E-state index in [4.69, 9.17) is 0 Å². The number of amides is 1. The summed E-state index contributed by atoms with van der Waals surface area (Å²) in [5.74, 6) is 0.194. The molecule has 4 heteroatoms. The SMILES string of the molecule is CC(C)N(C)CCNC(=O)CCC1CCCCN1. The maximum absolute atomic E-state index is 11.7. The summed E-state index contributed by atoms with van der Waals surface area (Å²) in [4.78, 5) is 13.9. The van der Waals surface area contributed by atoms with Crippen molar-refractivity contribution in [2.45, 2.75) is 58.0 Å². The molecule has 2 N–H and O–H groups in total. The van der Waals surface area contributed by atoms with Crippen molar-refractivity contribution in [3.8, 4) is 0 Å². The highest BCUT2D eigenvalue weighted by Gasteiger charge is 2.13. The minimum absolute atomic E-state index is 0.194. The molecule has 1 amide bonds. The van der Waals surface area contributed by atoms with Crippen LogP contribution in [0.5, 0.6) is 0 Å². The molecule has 0 bridgehead atoms. The van der Waals surface area contributed by atoms with Crippen LogP contribution in [0.3, 0.4) is 0 Å². The molecule has 0 radical (unpaired) electrons. The first-order chi connectivity index (χ1) is 8.59. The Hall–Kier alpha value is -0.610. The summed E-state index contributed by atoms with van der Waals surface area (Å²) in [6.45, 7) is 7.12. The van der Waals surface area contributed by atoms with Gasteiger partial charge in [0.05, 0.1) is 0 Å². The van der Waals surface area contributed by atoms with Gasteiger partial charge in [0.25, 0.3) is 0 Å². The van der Waals surface area contributed by atoms with Gasteiger partial charge < -0.3 is 15.5 Å². The highest BCUT2D eigenvalue weighted by atomic mass is 16.1. The molecule has 0 aliphatic carbocycles. The number of carbonyl (C=O) groups is 1. The van der Waals surface area contributed by atoms with Gasteiger partial charge in [0.2, 0.25) is 5.91 Å². The fraction of sp³-hybridized carbons (Fsp3) is 0.929. The van der Waals surface area contributed by atoms with Gasteiger partial charge in [-0.25, -0.2) is 0 Å². The van der Waals surface area contributed by atoms with Crippen molar-refractivity contribution in [2.24, 2.45) is 0 Å². The molecule has 18 heavy (non-hydrogen) atoms. The zero-order valence-electron chi connectivity index (χ0n) is 12.2. The summed E-state index contributed by atoms with van der Waals surface area (Å²) >= 11 is 0. The molecule has 1 heterocycles. The van der Waals surface area contributed by atoms with E-state index in [9.17, 15) is 4.79 Å². The molecule has 0 aromatic carbocycles. The normalized spacial score (nSPS) is 20.4. The maximum Gasteiger partial charge on any atom is 0.220 e. The fourth-order valence-electron chi connectivity index (χ4n) is 2.19. The molecule has 4 nitrogen and oxygen atoms in total. The predicted molar refractivity (Wildman–Crippen MR) is 75.7 cm³/mol. The number of carbonyl (C=O) groups excluding carboxylic acids is 1. The smallest absolute Gasteiger partial charge is 0.220 e. The number of nitrogens with one attached hydrogen (secondary N) is 2. The lowest BCUT2D eigenvalue weighted by Gasteiger charge is -2.23. The summed E-state index contributed by atoms with van der Waals surface area (Å²) in [6.07, 6.45) is 5.45. The molecule has 0 saturated carbocycles. The first kappa shape index (κ1) is 15.4. The van der Waals surface area contributed by atoms with Crippen molar-refractivity contribution in [3.05, 3.63) is 0 Å². The van der Waals surface area contributed by atoms with Crippen LogP contribution in [-0.4, -0.2) is 49.6 Å². The van der Waals surface area contributed by atoms with Gasteiger partial charge >= 0.3 is 0 Å². The van der Waals surface area contributed by atoms with Crippen LogP contribution >= 0.6 is 0 Å². The molecule has 0 aromatic heterocycles. The quantitative estimate of drug-likeness (QED) is 0.722. The van der Waals surface area contributed by atoms with Crippen molar-refractivity contribution in [1.82, 2.24) is 15.5 Å². The Kier molecular flexibility index (Phi) is 7.28. The Morgan fingerprint density at radius 1 is 1.44 bits per heavy atom. The summed E-state index contributed by atoms with van der Waals surface area (Å²) in [7, 11) is 2.09. The van der Waals surface area contributed by atoms with Crippen molar-refractivity contribution in [3.63, 3.8) is 0 Å². The van der Waals surface area contributed by atoms with Gasteiger partial charge in [-0.2, -0.15) is 0 Å². The molecule has 1 saturated heterocycles. The lowest BCUT2D eigenvalue weighted by atomic mass is 10.0. The van der Waals surface area contributed by atoms with Crippen LogP contribution in [0.25, 0.3) is 0 Å². The van der Waals surface area contributed by atoms with Crippen LogP contribution < -0.4 is 10.6 Å². The second-order valence-corrected chi connectivity index (χ2v) is 5.61. The number of piperidine rings is 1. The highest BCUT2D eigenvalue weighted by Crippen LogP contribution is 2.11. The number of hydrogen-bond donors (Lipinski definition) is 2. The van der Waals surface area contributed by atoms with E-state index in [1.54, 1.807) is 0 Å². The molecular formula is C14H29N3O. The van der Waals surface area contributed by atoms with Gasteiger partial charge in [-0.05, 0) is 46.7 Å². The monoisotopic (exact) mass is 255 g/mol. The minimum atomic E-state index is 0.194. The number of nitrogens with zero attached hydrogens (tertiary/aromatic N) is 1. The number of likely N-dealkylation sites (N-methyl/N-ethyl adjacent to an activating group) is 1. The summed E-state index contributed by atoms with van der Waals surface area (Å²) in [6, 6.07) is 1.09. The average Bonchev–Trinajstić information content (AvgIpc) is 2.37. The Labute approximate surface area is 111 Å². The Balaban J connectivity index is 2.03. The number of rotatable bonds is 7. The fourth-order valence-corrected chi connectivity index (χ4v) is 2.19. The van der Waals surface area contributed by atoms with Gasteiger partial charge in [0.15, 0.2) is 0 Å². The summed E-state index contributed by atoms with van der Waals surface area (Å²) in [5, 5.41) is 6.48. The first-order valence-corrected chi connectivity index (χ1v) is 7.30. The average molecular weight is 255 g/mol. The van der Waals surface area contributed by atoms with E-state index in [0.29, 0.717) is 18.5 Å². The lowest BCUT2D eigenvalue weighted by molar-refractivity contribution is -0.121. The van der Waals surface area contributed by atoms with Crippen LogP contribution in [0.2, 0.25) is 0 Å². The van der Waals surface area contributed by atoms with E-state index in [0.717, 1.165) is 26.1 Å². The molecule has 1 atom stereocenters. The molecule has 1 fully saturated rings. The topological polar surface area (TPSA) is 44.4 Å². The van der Waals surface area contributed by atoms with Crippen molar-refractivity contribution >= 4 is 5.91 Å². The van der Waals surface area contributed by atoms with Gasteiger partial charge in [-0.3, -0.25) is 4.79 Å². The van der Waals surface area contributed by atoms with Crippen LogP contribution in [0.1, 0.15) is 46.0 Å². The molecular weight excluding hydrogens is 226 g/mol. The highest BCUT2D eigenvalue weighted by molar-refractivity contribution is 5.75. The van der Waals surface area contributed by atoms with Crippen LogP contribution in [0.15, 0.2) is 0 Å². The third-order valence-electron chi connectivity index (χ3n) is 3.80. The Morgan fingerprint density at radius 3 is 2.83 bits per heavy atom. The van der Waals surface area contributed by atoms with Crippen molar-refractivity contribution < 1.29 is 4.79 Å². The molecule has 1 aliphatic rings. The van der Waals surface area contributed by atoms with Crippen LogP contribution in [-0.2, 0) is 4.79 Å². The molecule has 0 spiro atoms. The minimum Gasteiger partial charge on any atom is -0.355 e. The molecule has 1 rings (SSSR count). The van der Waals surface area contributed by atoms with Crippen molar-refractivity contribution in [1.29, 1.82) is 0 Å². The van der Waals surface area contributed by atoms with Crippen LogP contribution in [0.4, 0.5) is 0 Å². The molecule has 106 valence electrons. The largest absolute Gasteiger partial charge is 0.355 e. The number of hydrogen-bond acceptors (Lipinski definition) is 3. The molecule has 1 unspecified atom stereocenters. The predicted octanol–water partition coefficient (Wildman–Crippen LogP) is 1.37. The Morgan fingerprint density at radius 2 is 2.22 bits per heavy atom. The third kappa shape index (κ3) is 6.36. The van der Waals surface area contributed by atoms with E-state index in [2.05, 4.69) is 36.4 Å². The van der Waals surface area contributed by atoms with Gasteiger partial charge in [-0.1, -0.05) is 6.42 Å². The van der Waals surface area contributed by atoms with E-state index in [1.165, 1.54) is 19.3 Å². The zero-order valence-corrected chi connectivity index (χ0v) is 12.2. The van der Waals surface area contributed by atoms with E-state index >= 15 is 0 Å². The Bertz CT molecular complexity index is 237. The maximum atomic E-state index is 11.7. The van der Waals surface area contributed by atoms with Crippen LogP contribution in [0, 0.1) is 0 Å². The van der Waals surface area contributed by atoms with Crippen molar-refractivity contribution in [2.75, 3.05) is 26.7 Å². The van der Waals surface area contributed by atoms with Gasteiger partial charge in [0, 0.05) is 31.6 Å². The van der Waals surface area contributed by atoms with E-state index < -0.39 is 0 Å². The molecule has 0 aromatic rings. The lowest BCUT2D eigenvalue weighted by Crippen LogP contribution is -2.38. The first-order valence-electron chi connectivity index (χ1n) is 7.30. The van der Waals surface area contributed by atoms with E-state index in [-0.39, 0.29) is 5.91 Å². The second-order valence-electron chi connectivity index (χ2n) is 5.61. The van der Waals surface area contributed by atoms with Gasteiger partial charge in [-0.15, -0.1) is 0 Å². The standard InChI is InChI=1S/C14H29N3O/c1-12(2)17(3)11-10-16-14(18)8-7-13-6-4-5-9-15-13/h12-13,15H,4-11H2,1-3H3,(H,16,18). The zero-order chi connectivity index (χ0) is 13.4. The molecule has 1 aliphatic heterocycles. The van der Waals surface area contributed by atoms with Gasteiger partial charge in [0.1, 0.15) is 0 Å². The summed E-state index contributed by atoms with van der Waals surface area (Å²) < 4.78 is 0. The van der Waals surface area contributed by atoms with E-state index in [1.807, 2.05) is 0 Å². The third-order valence-corrected chi connectivity index (χ3v) is 3.80.